The largest absolute Gasteiger partial charge is 0.339 e. The molecular weight excluding hydrogens is 233 g/mol. The highest BCUT2D eigenvalue weighted by atomic mass is 19.1. The lowest BCUT2D eigenvalue weighted by Crippen LogP contribution is -2.22. The van der Waals surface area contributed by atoms with Crippen LogP contribution in [0.1, 0.15) is 31.1 Å². The molecule has 5 heteroatoms. The maximum atomic E-state index is 13.1. The lowest BCUT2D eigenvalue weighted by Gasteiger charge is -2.08. The Hall–Kier alpha value is -1.75. The van der Waals surface area contributed by atoms with Gasteiger partial charge in [-0.3, -0.25) is 0 Å². The second-order valence-corrected chi connectivity index (χ2v) is 4.67. The molecule has 0 saturated heterocycles. The van der Waals surface area contributed by atoms with Gasteiger partial charge >= 0.3 is 0 Å². The summed E-state index contributed by atoms with van der Waals surface area (Å²) in [6.45, 7) is 0. The van der Waals surface area contributed by atoms with Gasteiger partial charge in [0.05, 0.1) is 5.92 Å². The molecule has 1 saturated carbocycles. The van der Waals surface area contributed by atoms with Crippen LogP contribution >= 0.6 is 0 Å². The van der Waals surface area contributed by atoms with Crippen LogP contribution in [0, 0.1) is 5.82 Å². The minimum absolute atomic E-state index is 0.0887. The average Bonchev–Trinajstić information content (AvgIpc) is 2.97. The van der Waals surface area contributed by atoms with Gasteiger partial charge in [0.1, 0.15) is 5.82 Å². The topological polar surface area (TPSA) is 64.9 Å². The first kappa shape index (κ1) is 11.3. The summed E-state index contributed by atoms with van der Waals surface area (Å²) in [6.07, 6.45) is 3.05. The Morgan fingerprint density at radius 1 is 1.33 bits per heavy atom. The van der Waals surface area contributed by atoms with Crippen molar-refractivity contribution >= 4 is 0 Å². The van der Waals surface area contributed by atoms with Gasteiger partial charge in [-0.1, -0.05) is 23.7 Å². The number of aromatic nitrogens is 2. The van der Waals surface area contributed by atoms with Gasteiger partial charge in [-0.2, -0.15) is 4.98 Å². The minimum atomic E-state index is -0.309. The molecule has 0 radical (unpaired) electrons. The summed E-state index contributed by atoms with van der Waals surface area (Å²) < 4.78 is 18.4. The summed E-state index contributed by atoms with van der Waals surface area (Å²) in [6, 6.07) is 6.25. The van der Waals surface area contributed by atoms with Crippen molar-refractivity contribution in [1.82, 2.24) is 10.1 Å². The third-order valence-corrected chi connectivity index (χ3v) is 3.41. The fourth-order valence-corrected chi connectivity index (χ4v) is 2.43. The van der Waals surface area contributed by atoms with Crippen molar-refractivity contribution in [2.45, 2.75) is 31.2 Å². The number of benzene rings is 1. The number of rotatable bonds is 2. The molecule has 2 atom stereocenters. The maximum absolute atomic E-state index is 13.1. The molecule has 1 aromatic carbocycles. The summed E-state index contributed by atoms with van der Waals surface area (Å²) in [5.41, 5.74) is 6.62. The normalized spacial score (nSPS) is 23.4. The molecule has 4 nitrogen and oxygen atoms in total. The van der Waals surface area contributed by atoms with E-state index in [0.29, 0.717) is 17.3 Å². The van der Waals surface area contributed by atoms with Gasteiger partial charge in [-0.25, -0.2) is 4.39 Å². The Balaban J connectivity index is 1.89. The molecule has 0 spiro atoms. The molecular formula is C13H14FN3O. The van der Waals surface area contributed by atoms with Crippen LogP contribution < -0.4 is 5.73 Å². The van der Waals surface area contributed by atoms with E-state index in [1.54, 1.807) is 12.1 Å². The second kappa shape index (κ2) is 4.49. The van der Waals surface area contributed by atoms with Crippen molar-refractivity contribution in [3.63, 3.8) is 0 Å². The van der Waals surface area contributed by atoms with Gasteiger partial charge in [0, 0.05) is 11.6 Å². The Morgan fingerprint density at radius 3 is 2.94 bits per heavy atom. The summed E-state index contributed by atoms with van der Waals surface area (Å²) in [5, 5.41) is 3.90. The molecule has 1 aliphatic carbocycles. The van der Waals surface area contributed by atoms with Crippen molar-refractivity contribution in [2.75, 3.05) is 0 Å². The molecule has 1 aromatic heterocycles. The SMILES string of the molecule is NC1CCCC1c1nc(-c2cccc(F)c2)no1. The highest BCUT2D eigenvalue weighted by Gasteiger charge is 2.30. The molecule has 0 amide bonds. The summed E-state index contributed by atoms with van der Waals surface area (Å²) in [4.78, 5) is 4.33. The van der Waals surface area contributed by atoms with Gasteiger partial charge in [0.25, 0.3) is 0 Å². The van der Waals surface area contributed by atoms with Crippen LogP contribution in [0.4, 0.5) is 4.39 Å². The number of nitrogens with zero attached hydrogens (tertiary/aromatic N) is 2. The Bertz CT molecular complexity index is 555. The van der Waals surface area contributed by atoms with Crippen LogP contribution in [0.2, 0.25) is 0 Å². The maximum Gasteiger partial charge on any atom is 0.231 e. The zero-order chi connectivity index (χ0) is 12.5. The monoisotopic (exact) mass is 247 g/mol. The molecule has 2 N–H and O–H groups in total. The van der Waals surface area contributed by atoms with E-state index in [1.165, 1.54) is 12.1 Å². The van der Waals surface area contributed by atoms with E-state index < -0.39 is 0 Å². The smallest absolute Gasteiger partial charge is 0.231 e. The van der Waals surface area contributed by atoms with Gasteiger partial charge < -0.3 is 10.3 Å². The quantitative estimate of drug-likeness (QED) is 0.885. The minimum Gasteiger partial charge on any atom is -0.339 e. The second-order valence-electron chi connectivity index (χ2n) is 4.67. The van der Waals surface area contributed by atoms with E-state index in [1.807, 2.05) is 0 Å². The third-order valence-electron chi connectivity index (χ3n) is 3.41. The van der Waals surface area contributed by atoms with Crippen LogP contribution in [0.5, 0.6) is 0 Å². The molecule has 94 valence electrons. The molecule has 1 fully saturated rings. The van der Waals surface area contributed by atoms with E-state index in [4.69, 9.17) is 10.3 Å². The van der Waals surface area contributed by atoms with Crippen LogP contribution in [-0.4, -0.2) is 16.2 Å². The summed E-state index contributed by atoms with van der Waals surface area (Å²) >= 11 is 0. The molecule has 18 heavy (non-hydrogen) atoms. The van der Waals surface area contributed by atoms with Crippen LogP contribution in [-0.2, 0) is 0 Å². The van der Waals surface area contributed by atoms with Crippen LogP contribution in [0.25, 0.3) is 11.4 Å². The molecule has 2 unspecified atom stereocenters. The first-order chi connectivity index (χ1) is 8.74. The number of halogens is 1. The van der Waals surface area contributed by atoms with Gasteiger partial charge in [-0.05, 0) is 25.0 Å². The van der Waals surface area contributed by atoms with E-state index in [2.05, 4.69) is 10.1 Å². The van der Waals surface area contributed by atoms with Gasteiger partial charge in [-0.15, -0.1) is 0 Å². The lowest BCUT2D eigenvalue weighted by molar-refractivity contribution is 0.345. The lowest BCUT2D eigenvalue weighted by atomic mass is 10.1. The number of hydrogen-bond acceptors (Lipinski definition) is 4. The van der Waals surface area contributed by atoms with Crippen LogP contribution in [0.3, 0.4) is 0 Å². The molecule has 3 rings (SSSR count). The van der Waals surface area contributed by atoms with Crippen molar-refractivity contribution in [2.24, 2.45) is 5.73 Å². The van der Waals surface area contributed by atoms with Crippen molar-refractivity contribution in [3.8, 4) is 11.4 Å². The Kier molecular flexibility index (Phi) is 2.83. The van der Waals surface area contributed by atoms with Gasteiger partial charge in [0.15, 0.2) is 0 Å². The standard InChI is InChI=1S/C13H14FN3O/c14-9-4-1-3-8(7-9)12-16-13(18-17-12)10-5-2-6-11(10)15/h1,3-4,7,10-11H,2,5-6,15H2. The van der Waals surface area contributed by atoms with E-state index in [9.17, 15) is 4.39 Å². The number of hydrogen-bond donors (Lipinski definition) is 1. The molecule has 2 aromatic rings. The van der Waals surface area contributed by atoms with Crippen LogP contribution in [0.15, 0.2) is 28.8 Å². The predicted molar refractivity (Wildman–Crippen MR) is 64.3 cm³/mol. The fourth-order valence-electron chi connectivity index (χ4n) is 2.43. The molecule has 0 aliphatic heterocycles. The number of nitrogens with two attached hydrogens (primary N) is 1. The average molecular weight is 247 g/mol. The highest BCUT2D eigenvalue weighted by molar-refractivity contribution is 5.53. The fraction of sp³-hybridized carbons (Fsp3) is 0.385. The summed E-state index contributed by atoms with van der Waals surface area (Å²) in [7, 11) is 0. The van der Waals surface area contributed by atoms with Crippen molar-refractivity contribution < 1.29 is 8.91 Å². The first-order valence-electron chi connectivity index (χ1n) is 6.09. The highest BCUT2D eigenvalue weighted by Crippen LogP contribution is 2.33. The zero-order valence-corrected chi connectivity index (χ0v) is 9.84. The Morgan fingerprint density at radius 2 is 2.22 bits per heavy atom. The first-order valence-corrected chi connectivity index (χ1v) is 6.09. The molecule has 0 bridgehead atoms. The van der Waals surface area contributed by atoms with Crippen molar-refractivity contribution in [1.29, 1.82) is 0 Å². The third kappa shape index (κ3) is 2.01. The van der Waals surface area contributed by atoms with Gasteiger partial charge in [0.2, 0.25) is 11.7 Å². The predicted octanol–water partition coefficient (Wildman–Crippen LogP) is 2.47. The van der Waals surface area contributed by atoms with E-state index in [0.717, 1.165) is 19.3 Å². The Labute approximate surface area is 104 Å². The van der Waals surface area contributed by atoms with Crippen molar-refractivity contribution in [3.05, 3.63) is 36.0 Å². The molecule has 1 aliphatic rings. The zero-order valence-electron chi connectivity index (χ0n) is 9.84. The summed E-state index contributed by atoms with van der Waals surface area (Å²) in [5.74, 6) is 0.819. The van der Waals surface area contributed by atoms with E-state index in [-0.39, 0.29) is 17.8 Å². The van der Waals surface area contributed by atoms with E-state index >= 15 is 0 Å². The molecule has 1 heterocycles.